The second-order valence-electron chi connectivity index (χ2n) is 4.04. The summed E-state index contributed by atoms with van der Waals surface area (Å²) in [6, 6.07) is 7.99. The molecule has 1 aromatic carbocycles. The van der Waals surface area contributed by atoms with Crippen LogP contribution in [0.4, 0.5) is 5.82 Å². The number of imidazole rings is 1. The molecule has 0 atom stereocenters. The predicted octanol–water partition coefficient (Wildman–Crippen LogP) is 3.83. The quantitative estimate of drug-likeness (QED) is 0.630. The molecule has 0 aliphatic carbocycles. The highest BCUT2D eigenvalue weighted by Crippen LogP contribution is 2.14. The summed E-state index contributed by atoms with van der Waals surface area (Å²) >= 11 is 0. The van der Waals surface area contributed by atoms with Gasteiger partial charge in [-0.05, 0) is 23.5 Å². The van der Waals surface area contributed by atoms with Crippen LogP contribution in [0.1, 0.15) is 30.8 Å². The van der Waals surface area contributed by atoms with E-state index < -0.39 is 4.92 Å². The van der Waals surface area contributed by atoms with Crippen LogP contribution in [0, 0.1) is 17.0 Å². The fourth-order valence-electron chi connectivity index (χ4n) is 1.68. The van der Waals surface area contributed by atoms with Crippen molar-refractivity contribution in [2.75, 3.05) is 0 Å². The smallest absolute Gasteiger partial charge is 0.342 e. The van der Waals surface area contributed by atoms with Crippen LogP contribution < -0.4 is 0 Å². The van der Waals surface area contributed by atoms with Crippen molar-refractivity contribution in [2.24, 2.45) is 7.05 Å². The van der Waals surface area contributed by atoms with Crippen LogP contribution in [-0.2, 0) is 7.05 Å². The maximum Gasteiger partial charge on any atom is 0.342 e. The second-order valence-corrected chi connectivity index (χ2v) is 4.04. The summed E-state index contributed by atoms with van der Waals surface area (Å²) < 4.78 is 1.45. The van der Waals surface area contributed by atoms with Gasteiger partial charge in [0, 0.05) is 6.08 Å². The summed E-state index contributed by atoms with van der Waals surface area (Å²) in [6.45, 7) is 6.02. The molecule has 2 rings (SSSR count). The van der Waals surface area contributed by atoms with Gasteiger partial charge in [-0.25, -0.2) is 9.55 Å². The maximum absolute atomic E-state index is 10.7. The molecule has 0 saturated carbocycles. The summed E-state index contributed by atoms with van der Waals surface area (Å²) in [4.78, 5) is 14.2. The molecule has 0 N–H and O–H groups in total. The van der Waals surface area contributed by atoms with Gasteiger partial charge in [-0.2, -0.15) is 0 Å². The third-order valence-corrected chi connectivity index (χ3v) is 2.65. The standard InChI is InChI=1S/C13H13N3O2.C2H6/c1-10-4-3-5-11(8-10)6-7-12-14-9-13(15(12)2)16(17)18;1-2/h3-9H,1-2H3;1-2H3/b7-6+;. The number of nitrogens with zero attached hydrogens (tertiary/aromatic N) is 3. The molecule has 5 nitrogen and oxygen atoms in total. The molecule has 1 aromatic heterocycles. The average Bonchev–Trinajstić information content (AvgIpc) is 2.80. The predicted molar refractivity (Wildman–Crippen MR) is 81.3 cm³/mol. The summed E-state index contributed by atoms with van der Waals surface area (Å²) in [5.41, 5.74) is 2.21. The van der Waals surface area contributed by atoms with Gasteiger partial charge in [0.15, 0.2) is 0 Å². The molecule has 0 unspecified atom stereocenters. The Morgan fingerprint density at radius 3 is 2.55 bits per heavy atom. The van der Waals surface area contributed by atoms with E-state index in [-0.39, 0.29) is 5.82 Å². The van der Waals surface area contributed by atoms with Crippen LogP contribution in [0.2, 0.25) is 0 Å². The van der Waals surface area contributed by atoms with E-state index in [1.54, 1.807) is 13.1 Å². The third kappa shape index (κ3) is 3.78. The lowest BCUT2D eigenvalue weighted by Gasteiger charge is -1.96. The third-order valence-electron chi connectivity index (χ3n) is 2.65. The Balaban J connectivity index is 0.000000956. The largest absolute Gasteiger partial charge is 0.358 e. The average molecular weight is 273 g/mol. The zero-order valence-corrected chi connectivity index (χ0v) is 12.2. The molecule has 0 saturated heterocycles. The molecule has 0 fully saturated rings. The maximum atomic E-state index is 10.7. The molecule has 0 aliphatic heterocycles. The lowest BCUT2D eigenvalue weighted by molar-refractivity contribution is -0.391. The van der Waals surface area contributed by atoms with Gasteiger partial charge in [0.05, 0.1) is 7.05 Å². The van der Waals surface area contributed by atoms with Crippen molar-refractivity contribution in [1.82, 2.24) is 9.55 Å². The molecule has 0 bridgehead atoms. The van der Waals surface area contributed by atoms with E-state index in [0.717, 1.165) is 5.56 Å². The van der Waals surface area contributed by atoms with Crippen LogP contribution in [0.5, 0.6) is 0 Å². The van der Waals surface area contributed by atoms with Crippen LogP contribution in [-0.4, -0.2) is 14.5 Å². The van der Waals surface area contributed by atoms with Crippen molar-refractivity contribution in [2.45, 2.75) is 20.8 Å². The zero-order valence-electron chi connectivity index (χ0n) is 12.2. The molecule has 0 amide bonds. The number of aryl methyl sites for hydroxylation is 1. The second kappa shape index (κ2) is 7.23. The first kappa shape index (κ1) is 15.6. The van der Waals surface area contributed by atoms with Gasteiger partial charge in [0.1, 0.15) is 6.20 Å². The summed E-state index contributed by atoms with van der Waals surface area (Å²) in [6.07, 6.45) is 4.91. The van der Waals surface area contributed by atoms with Crippen molar-refractivity contribution >= 4 is 18.0 Å². The minimum atomic E-state index is -0.447. The van der Waals surface area contributed by atoms with Crippen molar-refractivity contribution in [3.8, 4) is 0 Å². The summed E-state index contributed by atoms with van der Waals surface area (Å²) in [5, 5.41) is 10.7. The van der Waals surface area contributed by atoms with Crippen molar-refractivity contribution in [3.63, 3.8) is 0 Å². The Hall–Kier alpha value is -2.43. The first-order valence-electron chi connectivity index (χ1n) is 6.49. The number of nitro groups is 1. The van der Waals surface area contributed by atoms with Crippen molar-refractivity contribution < 1.29 is 4.92 Å². The molecular formula is C15H19N3O2. The highest BCUT2D eigenvalue weighted by atomic mass is 16.6. The van der Waals surface area contributed by atoms with Crippen LogP contribution in [0.15, 0.2) is 30.5 Å². The van der Waals surface area contributed by atoms with Gasteiger partial charge in [0.25, 0.3) is 0 Å². The van der Waals surface area contributed by atoms with Gasteiger partial charge in [0.2, 0.25) is 5.82 Å². The molecule has 2 aromatic rings. The summed E-state index contributed by atoms with van der Waals surface area (Å²) in [5.74, 6) is 0.544. The Kier molecular flexibility index (Phi) is 5.65. The van der Waals surface area contributed by atoms with Gasteiger partial charge in [-0.3, -0.25) is 0 Å². The van der Waals surface area contributed by atoms with E-state index in [1.807, 2.05) is 51.1 Å². The SMILES string of the molecule is CC.Cc1cccc(/C=C/c2ncc([N+](=O)[O-])n2C)c1. The Morgan fingerprint density at radius 2 is 2.00 bits per heavy atom. The number of aromatic nitrogens is 2. The molecule has 0 spiro atoms. The summed E-state index contributed by atoms with van der Waals surface area (Å²) in [7, 11) is 1.63. The highest BCUT2D eigenvalue weighted by molar-refractivity contribution is 5.67. The van der Waals surface area contributed by atoms with E-state index in [0.29, 0.717) is 5.82 Å². The number of hydrogen-bond acceptors (Lipinski definition) is 3. The minimum Gasteiger partial charge on any atom is -0.358 e. The van der Waals surface area contributed by atoms with Gasteiger partial charge < -0.3 is 10.1 Å². The minimum absolute atomic E-state index is 0.0149. The van der Waals surface area contributed by atoms with E-state index in [2.05, 4.69) is 4.98 Å². The molecule has 0 aliphatic rings. The Bertz CT molecular complexity index is 615. The van der Waals surface area contributed by atoms with Crippen LogP contribution in [0.25, 0.3) is 12.2 Å². The Morgan fingerprint density at radius 1 is 1.30 bits per heavy atom. The van der Waals surface area contributed by atoms with Crippen molar-refractivity contribution in [3.05, 3.63) is 57.5 Å². The fourth-order valence-corrected chi connectivity index (χ4v) is 1.68. The van der Waals surface area contributed by atoms with E-state index in [4.69, 9.17) is 0 Å². The molecule has 20 heavy (non-hydrogen) atoms. The molecule has 0 radical (unpaired) electrons. The zero-order chi connectivity index (χ0) is 15.1. The highest BCUT2D eigenvalue weighted by Gasteiger charge is 2.13. The first-order valence-corrected chi connectivity index (χ1v) is 6.49. The lowest BCUT2D eigenvalue weighted by atomic mass is 10.1. The monoisotopic (exact) mass is 273 g/mol. The van der Waals surface area contributed by atoms with E-state index >= 15 is 0 Å². The number of rotatable bonds is 3. The molecular weight excluding hydrogens is 254 g/mol. The Labute approximate surface area is 118 Å². The first-order chi connectivity index (χ1) is 9.58. The van der Waals surface area contributed by atoms with Crippen LogP contribution in [0.3, 0.4) is 0 Å². The topological polar surface area (TPSA) is 61.0 Å². The van der Waals surface area contributed by atoms with Crippen LogP contribution >= 0.6 is 0 Å². The molecule has 106 valence electrons. The molecule has 5 heteroatoms. The van der Waals surface area contributed by atoms with E-state index in [9.17, 15) is 10.1 Å². The van der Waals surface area contributed by atoms with Gasteiger partial charge >= 0.3 is 5.82 Å². The number of benzene rings is 1. The number of hydrogen-bond donors (Lipinski definition) is 0. The molecule has 1 heterocycles. The van der Waals surface area contributed by atoms with E-state index in [1.165, 1.54) is 16.3 Å². The fraction of sp³-hybridized carbons (Fsp3) is 0.267. The normalized spacial score (nSPS) is 10.2. The van der Waals surface area contributed by atoms with Crippen molar-refractivity contribution in [1.29, 1.82) is 0 Å². The van der Waals surface area contributed by atoms with Gasteiger partial charge in [-0.1, -0.05) is 43.7 Å². The van der Waals surface area contributed by atoms with Gasteiger partial charge in [-0.15, -0.1) is 0 Å². The lowest BCUT2D eigenvalue weighted by Crippen LogP contribution is -1.98.